The summed E-state index contributed by atoms with van der Waals surface area (Å²) in [6.45, 7) is 1.85. The molecule has 1 aliphatic rings. The van der Waals surface area contributed by atoms with Crippen LogP contribution in [0.25, 0.3) is 0 Å². The lowest BCUT2D eigenvalue weighted by Crippen LogP contribution is -2.28. The van der Waals surface area contributed by atoms with Crippen molar-refractivity contribution in [3.63, 3.8) is 0 Å². The maximum absolute atomic E-state index is 13.3. The first kappa shape index (κ1) is 21.9. The first-order valence-electron chi connectivity index (χ1n) is 9.95. The maximum atomic E-state index is 13.3. The summed E-state index contributed by atoms with van der Waals surface area (Å²) in [5.74, 6) is -2.03. The van der Waals surface area contributed by atoms with Crippen LogP contribution in [0.4, 0.5) is 30.5 Å². The molecule has 1 amide bonds. The lowest BCUT2D eigenvalue weighted by atomic mass is 9.84. The van der Waals surface area contributed by atoms with E-state index in [1.165, 1.54) is 0 Å². The van der Waals surface area contributed by atoms with E-state index in [-0.39, 0.29) is 30.0 Å². The average molecular weight is 421 g/mol. The third-order valence-corrected chi connectivity index (χ3v) is 5.22. The Bertz CT molecular complexity index is 891. The van der Waals surface area contributed by atoms with Crippen molar-refractivity contribution < 1.29 is 18.0 Å². The SMILES string of the molecule is Cc1nc(NC2CCC(CC(=O)Nc3cc(F)c(F)c(F)c3)CC2)cc(N(C)C)n1. The molecule has 0 radical (unpaired) electrons. The fourth-order valence-electron chi connectivity index (χ4n) is 3.68. The highest BCUT2D eigenvalue weighted by molar-refractivity contribution is 5.90. The zero-order valence-electron chi connectivity index (χ0n) is 17.3. The number of nitrogens with zero attached hydrogens (tertiary/aromatic N) is 3. The second-order valence-corrected chi connectivity index (χ2v) is 7.92. The van der Waals surface area contributed by atoms with Gasteiger partial charge in [0.2, 0.25) is 5.91 Å². The van der Waals surface area contributed by atoms with Gasteiger partial charge in [0.25, 0.3) is 0 Å². The average Bonchev–Trinajstić information content (AvgIpc) is 2.67. The minimum absolute atomic E-state index is 0.0809. The molecular formula is C21H26F3N5O. The highest BCUT2D eigenvalue weighted by atomic mass is 19.2. The Morgan fingerprint density at radius 3 is 2.30 bits per heavy atom. The van der Waals surface area contributed by atoms with E-state index in [1.807, 2.05) is 32.0 Å². The van der Waals surface area contributed by atoms with Crippen LogP contribution in [0.15, 0.2) is 18.2 Å². The van der Waals surface area contributed by atoms with Crippen molar-refractivity contribution in [2.24, 2.45) is 5.92 Å². The van der Waals surface area contributed by atoms with Gasteiger partial charge in [0, 0.05) is 50.4 Å². The van der Waals surface area contributed by atoms with Crippen molar-refractivity contribution in [2.75, 3.05) is 29.6 Å². The van der Waals surface area contributed by atoms with Gasteiger partial charge in [-0.1, -0.05) is 0 Å². The lowest BCUT2D eigenvalue weighted by Gasteiger charge is -2.29. The van der Waals surface area contributed by atoms with Crippen molar-refractivity contribution in [3.05, 3.63) is 41.5 Å². The van der Waals surface area contributed by atoms with Crippen LogP contribution in [-0.2, 0) is 4.79 Å². The second-order valence-electron chi connectivity index (χ2n) is 7.92. The molecule has 2 N–H and O–H groups in total. The van der Waals surface area contributed by atoms with E-state index < -0.39 is 17.5 Å². The fraction of sp³-hybridized carbons (Fsp3) is 0.476. The molecule has 0 saturated heterocycles. The molecule has 162 valence electrons. The summed E-state index contributed by atoms with van der Waals surface area (Å²) in [5, 5.41) is 5.90. The van der Waals surface area contributed by atoms with Crippen LogP contribution in [0.3, 0.4) is 0 Å². The number of rotatable bonds is 6. The topological polar surface area (TPSA) is 70.2 Å². The molecule has 0 unspecified atom stereocenters. The molecule has 1 fully saturated rings. The first-order chi connectivity index (χ1) is 14.2. The zero-order valence-corrected chi connectivity index (χ0v) is 17.3. The molecule has 6 nitrogen and oxygen atoms in total. The van der Waals surface area contributed by atoms with E-state index in [4.69, 9.17) is 0 Å². The monoisotopic (exact) mass is 421 g/mol. The quantitative estimate of drug-likeness (QED) is 0.682. The van der Waals surface area contributed by atoms with Gasteiger partial charge in [-0.2, -0.15) is 0 Å². The van der Waals surface area contributed by atoms with Crippen molar-refractivity contribution in [1.82, 2.24) is 9.97 Å². The molecule has 1 aromatic heterocycles. The lowest BCUT2D eigenvalue weighted by molar-refractivity contribution is -0.117. The number of hydrogen-bond donors (Lipinski definition) is 2. The third-order valence-electron chi connectivity index (χ3n) is 5.22. The number of aryl methyl sites for hydroxylation is 1. The Kier molecular flexibility index (Phi) is 6.79. The van der Waals surface area contributed by atoms with Gasteiger partial charge in [0.15, 0.2) is 17.5 Å². The van der Waals surface area contributed by atoms with E-state index in [9.17, 15) is 18.0 Å². The van der Waals surface area contributed by atoms with Crippen LogP contribution >= 0.6 is 0 Å². The molecule has 0 aliphatic heterocycles. The van der Waals surface area contributed by atoms with Crippen molar-refractivity contribution in [3.8, 4) is 0 Å². The minimum atomic E-state index is -1.55. The molecule has 9 heteroatoms. The van der Waals surface area contributed by atoms with Gasteiger partial charge in [0.1, 0.15) is 17.5 Å². The minimum Gasteiger partial charge on any atom is -0.367 e. The first-order valence-corrected chi connectivity index (χ1v) is 9.95. The van der Waals surface area contributed by atoms with Gasteiger partial charge in [-0.25, -0.2) is 23.1 Å². The van der Waals surface area contributed by atoms with Gasteiger partial charge >= 0.3 is 0 Å². The Morgan fingerprint density at radius 2 is 1.70 bits per heavy atom. The molecule has 1 saturated carbocycles. The smallest absolute Gasteiger partial charge is 0.224 e. The number of halogens is 3. The van der Waals surface area contributed by atoms with E-state index in [0.717, 1.165) is 49.5 Å². The summed E-state index contributed by atoms with van der Waals surface area (Å²) in [6, 6.07) is 3.73. The molecule has 30 heavy (non-hydrogen) atoms. The Morgan fingerprint density at radius 1 is 1.07 bits per heavy atom. The Hall–Kier alpha value is -2.84. The number of aromatic nitrogens is 2. The maximum Gasteiger partial charge on any atom is 0.224 e. The highest BCUT2D eigenvalue weighted by Gasteiger charge is 2.24. The van der Waals surface area contributed by atoms with Crippen molar-refractivity contribution in [1.29, 1.82) is 0 Å². The van der Waals surface area contributed by atoms with Gasteiger partial charge in [-0.3, -0.25) is 4.79 Å². The van der Waals surface area contributed by atoms with Crippen LogP contribution in [-0.4, -0.2) is 36.0 Å². The van der Waals surface area contributed by atoms with Gasteiger partial charge in [-0.05, 0) is 38.5 Å². The van der Waals surface area contributed by atoms with Crippen molar-refractivity contribution >= 4 is 23.2 Å². The van der Waals surface area contributed by atoms with Crippen molar-refractivity contribution in [2.45, 2.75) is 45.1 Å². The zero-order chi connectivity index (χ0) is 21.8. The van der Waals surface area contributed by atoms with E-state index in [2.05, 4.69) is 20.6 Å². The number of nitrogens with one attached hydrogen (secondary N) is 2. The van der Waals surface area contributed by atoms with Crippen LogP contribution in [0.2, 0.25) is 0 Å². The van der Waals surface area contributed by atoms with Crippen LogP contribution in [0.1, 0.15) is 37.9 Å². The van der Waals surface area contributed by atoms with Gasteiger partial charge in [-0.15, -0.1) is 0 Å². The molecule has 1 aromatic carbocycles. The van der Waals surface area contributed by atoms with E-state index >= 15 is 0 Å². The molecule has 0 atom stereocenters. The summed E-state index contributed by atoms with van der Waals surface area (Å²) in [4.78, 5) is 23.0. The Balaban J connectivity index is 1.49. The number of hydrogen-bond acceptors (Lipinski definition) is 5. The van der Waals surface area contributed by atoms with E-state index in [1.54, 1.807) is 0 Å². The molecular weight excluding hydrogens is 395 g/mol. The summed E-state index contributed by atoms with van der Waals surface area (Å²) < 4.78 is 39.6. The molecule has 1 heterocycles. The van der Waals surface area contributed by atoms with Gasteiger partial charge in [0.05, 0.1) is 0 Å². The summed E-state index contributed by atoms with van der Waals surface area (Å²) in [6.07, 6.45) is 3.73. The fourth-order valence-corrected chi connectivity index (χ4v) is 3.68. The molecule has 3 rings (SSSR count). The highest BCUT2D eigenvalue weighted by Crippen LogP contribution is 2.29. The summed E-state index contributed by atoms with van der Waals surface area (Å²) >= 11 is 0. The molecule has 0 bridgehead atoms. The van der Waals surface area contributed by atoms with Crippen LogP contribution < -0.4 is 15.5 Å². The molecule has 0 spiro atoms. The van der Waals surface area contributed by atoms with Gasteiger partial charge < -0.3 is 15.5 Å². The second kappa shape index (κ2) is 9.32. The summed E-state index contributed by atoms with van der Waals surface area (Å²) in [5.41, 5.74) is -0.0809. The summed E-state index contributed by atoms with van der Waals surface area (Å²) in [7, 11) is 3.85. The number of carbonyl (C=O) groups excluding carboxylic acids is 1. The number of benzene rings is 1. The number of anilines is 3. The molecule has 2 aromatic rings. The van der Waals surface area contributed by atoms with Crippen LogP contribution in [0.5, 0.6) is 0 Å². The third kappa shape index (κ3) is 5.61. The predicted molar refractivity (Wildman–Crippen MR) is 110 cm³/mol. The Labute approximate surface area is 173 Å². The van der Waals surface area contributed by atoms with E-state index in [0.29, 0.717) is 5.82 Å². The number of amides is 1. The normalized spacial score (nSPS) is 18.7. The molecule has 1 aliphatic carbocycles. The number of carbonyl (C=O) groups is 1. The standard InChI is InChI=1S/C21H26F3N5O/c1-12-25-18(11-19(26-12)29(2)3)27-14-6-4-13(5-7-14)8-20(30)28-15-9-16(22)21(24)17(23)10-15/h9-11,13-14H,4-8H2,1-3H3,(H,28,30)(H,25,26,27). The largest absolute Gasteiger partial charge is 0.367 e. The van der Waals surface area contributed by atoms with Crippen LogP contribution in [0, 0.1) is 30.3 Å². The predicted octanol–water partition coefficient (Wildman–Crippen LogP) is 4.27.